The summed E-state index contributed by atoms with van der Waals surface area (Å²) in [7, 11) is -3.58. The highest BCUT2D eigenvalue weighted by Gasteiger charge is 2.27. The van der Waals surface area contributed by atoms with E-state index in [2.05, 4.69) is 4.72 Å². The quantitative estimate of drug-likeness (QED) is 0.730. The van der Waals surface area contributed by atoms with Gasteiger partial charge in [0, 0.05) is 16.1 Å². The van der Waals surface area contributed by atoms with Gasteiger partial charge in [0.1, 0.15) is 5.75 Å². The van der Waals surface area contributed by atoms with E-state index in [9.17, 15) is 13.5 Å². The summed E-state index contributed by atoms with van der Waals surface area (Å²) in [4.78, 5) is 0.157. The molecule has 0 saturated heterocycles. The van der Waals surface area contributed by atoms with Gasteiger partial charge in [0.15, 0.2) is 0 Å². The monoisotopic (exact) mass is 281 g/mol. The molecule has 0 fully saturated rings. The molecule has 0 atom stereocenters. The van der Waals surface area contributed by atoms with E-state index < -0.39 is 10.0 Å². The van der Waals surface area contributed by atoms with Gasteiger partial charge in [-0.1, -0.05) is 11.6 Å². The van der Waals surface area contributed by atoms with Gasteiger partial charge in [-0.2, -0.15) is 0 Å². The molecule has 2 N–H and O–H groups in total. The highest BCUT2D eigenvalue weighted by molar-refractivity contribution is 7.93. The average Bonchev–Trinajstić information content (AvgIpc) is 2.30. The first kappa shape index (κ1) is 11.4. The molecule has 2 aromatic carbocycles. The van der Waals surface area contributed by atoms with E-state index in [1.165, 1.54) is 30.3 Å². The molecular weight excluding hydrogens is 274 g/mol. The Labute approximate surface area is 109 Å². The second kappa shape index (κ2) is 3.63. The molecule has 1 aliphatic rings. The van der Waals surface area contributed by atoms with Crippen molar-refractivity contribution in [2.24, 2.45) is 0 Å². The van der Waals surface area contributed by atoms with Crippen LogP contribution in [0, 0.1) is 0 Å². The third-order valence-corrected chi connectivity index (χ3v) is 4.43. The van der Waals surface area contributed by atoms with Crippen LogP contribution in [0.5, 0.6) is 5.75 Å². The minimum Gasteiger partial charge on any atom is -0.508 e. The lowest BCUT2D eigenvalue weighted by atomic mass is 10.0. The van der Waals surface area contributed by atoms with Gasteiger partial charge in [-0.15, -0.1) is 0 Å². The van der Waals surface area contributed by atoms with Crippen LogP contribution < -0.4 is 4.72 Å². The van der Waals surface area contributed by atoms with E-state index in [1.54, 1.807) is 6.07 Å². The second-order valence-corrected chi connectivity index (χ2v) is 6.06. The van der Waals surface area contributed by atoms with Crippen molar-refractivity contribution in [1.82, 2.24) is 0 Å². The fourth-order valence-electron chi connectivity index (χ4n) is 1.99. The number of rotatable bonds is 0. The molecule has 1 aliphatic heterocycles. The molecule has 0 aromatic heterocycles. The molecule has 0 spiro atoms. The van der Waals surface area contributed by atoms with E-state index >= 15 is 0 Å². The van der Waals surface area contributed by atoms with Gasteiger partial charge in [-0.25, -0.2) is 8.42 Å². The van der Waals surface area contributed by atoms with Crippen molar-refractivity contribution in [2.75, 3.05) is 4.72 Å². The smallest absolute Gasteiger partial charge is 0.262 e. The lowest BCUT2D eigenvalue weighted by Gasteiger charge is -2.21. The molecule has 0 unspecified atom stereocenters. The minimum atomic E-state index is -3.58. The van der Waals surface area contributed by atoms with Crippen LogP contribution in [0.2, 0.25) is 5.02 Å². The molecule has 1 heterocycles. The summed E-state index contributed by atoms with van der Waals surface area (Å²) >= 11 is 5.90. The zero-order valence-corrected chi connectivity index (χ0v) is 10.6. The van der Waals surface area contributed by atoms with Gasteiger partial charge < -0.3 is 5.11 Å². The van der Waals surface area contributed by atoms with Crippen molar-refractivity contribution >= 4 is 27.3 Å². The maximum atomic E-state index is 12.0. The minimum absolute atomic E-state index is 0.0702. The van der Waals surface area contributed by atoms with Gasteiger partial charge in [0.2, 0.25) is 0 Å². The van der Waals surface area contributed by atoms with Crippen LogP contribution in [-0.4, -0.2) is 13.5 Å². The number of aromatic hydroxyl groups is 1. The Bertz CT molecular complexity index is 756. The number of phenolic OH excluding ortho intramolecular Hbond substituents is 1. The number of hydrogen-bond acceptors (Lipinski definition) is 3. The summed E-state index contributed by atoms with van der Waals surface area (Å²) in [5.74, 6) is 0.0702. The van der Waals surface area contributed by atoms with Gasteiger partial charge in [0.05, 0.1) is 10.6 Å². The Kier molecular flexibility index (Phi) is 2.30. The Balaban J connectivity index is 2.41. The molecule has 92 valence electrons. The maximum Gasteiger partial charge on any atom is 0.262 e. The Morgan fingerprint density at radius 2 is 1.83 bits per heavy atom. The fourth-order valence-corrected chi connectivity index (χ4v) is 3.45. The molecule has 2 aromatic rings. The van der Waals surface area contributed by atoms with Gasteiger partial charge in [-0.3, -0.25) is 4.72 Å². The SMILES string of the molecule is O=S1(=O)Nc2ccc(O)cc2-c2cc(Cl)ccc21. The van der Waals surface area contributed by atoms with Crippen molar-refractivity contribution in [2.45, 2.75) is 4.90 Å². The lowest BCUT2D eigenvalue weighted by molar-refractivity contribution is 0.475. The second-order valence-electron chi connectivity index (χ2n) is 3.98. The summed E-state index contributed by atoms with van der Waals surface area (Å²) < 4.78 is 26.5. The number of nitrogens with one attached hydrogen (secondary N) is 1. The zero-order valence-electron chi connectivity index (χ0n) is 9.01. The summed E-state index contributed by atoms with van der Waals surface area (Å²) in [6, 6.07) is 9.00. The van der Waals surface area contributed by atoms with Crippen LogP contribution in [0.25, 0.3) is 11.1 Å². The molecule has 6 heteroatoms. The van der Waals surface area contributed by atoms with Crippen LogP contribution in [0.3, 0.4) is 0 Å². The van der Waals surface area contributed by atoms with Gasteiger partial charge >= 0.3 is 0 Å². The number of benzene rings is 2. The Hall–Kier alpha value is -1.72. The number of hydrogen-bond donors (Lipinski definition) is 2. The van der Waals surface area contributed by atoms with Gasteiger partial charge in [-0.05, 0) is 36.4 Å². The van der Waals surface area contributed by atoms with Crippen LogP contribution in [0.4, 0.5) is 5.69 Å². The first-order valence-electron chi connectivity index (χ1n) is 5.13. The van der Waals surface area contributed by atoms with Crippen molar-refractivity contribution in [3.05, 3.63) is 41.4 Å². The molecule has 4 nitrogen and oxygen atoms in total. The van der Waals surface area contributed by atoms with E-state index in [0.29, 0.717) is 21.8 Å². The largest absolute Gasteiger partial charge is 0.508 e. The average molecular weight is 282 g/mol. The van der Waals surface area contributed by atoms with Crippen molar-refractivity contribution < 1.29 is 13.5 Å². The lowest BCUT2D eigenvalue weighted by Crippen LogP contribution is -2.18. The van der Waals surface area contributed by atoms with Crippen molar-refractivity contribution in [1.29, 1.82) is 0 Å². The number of fused-ring (bicyclic) bond motifs is 3. The standard InChI is InChI=1S/C12H8ClNO3S/c13-7-1-4-12-10(5-7)9-6-8(15)2-3-11(9)14-18(12,16)17/h1-6,14-15H. The topological polar surface area (TPSA) is 66.4 Å². The molecular formula is C12H8ClNO3S. The van der Waals surface area contributed by atoms with Crippen LogP contribution in [-0.2, 0) is 10.0 Å². The molecule has 0 aliphatic carbocycles. The van der Waals surface area contributed by atoms with E-state index in [0.717, 1.165) is 0 Å². The summed E-state index contributed by atoms with van der Waals surface area (Å²) in [6.07, 6.45) is 0. The zero-order chi connectivity index (χ0) is 12.9. The number of halogens is 1. The maximum absolute atomic E-state index is 12.0. The first-order valence-corrected chi connectivity index (χ1v) is 6.99. The fraction of sp³-hybridized carbons (Fsp3) is 0. The molecule has 3 rings (SSSR count). The normalized spacial score (nSPS) is 15.4. The van der Waals surface area contributed by atoms with E-state index in [4.69, 9.17) is 11.6 Å². The molecule has 0 saturated carbocycles. The van der Waals surface area contributed by atoms with E-state index in [1.807, 2.05) is 0 Å². The molecule has 18 heavy (non-hydrogen) atoms. The molecule has 0 bridgehead atoms. The predicted molar refractivity (Wildman–Crippen MR) is 69.4 cm³/mol. The number of anilines is 1. The molecule has 0 radical (unpaired) electrons. The number of phenols is 1. The van der Waals surface area contributed by atoms with Gasteiger partial charge in [0.25, 0.3) is 10.0 Å². The van der Waals surface area contributed by atoms with Crippen molar-refractivity contribution in [3.8, 4) is 16.9 Å². The van der Waals surface area contributed by atoms with Crippen LogP contribution in [0.1, 0.15) is 0 Å². The summed E-state index contributed by atoms with van der Waals surface area (Å²) in [5, 5.41) is 9.95. The van der Waals surface area contributed by atoms with Crippen molar-refractivity contribution in [3.63, 3.8) is 0 Å². The van der Waals surface area contributed by atoms with Crippen LogP contribution >= 0.6 is 11.6 Å². The highest BCUT2D eigenvalue weighted by atomic mass is 35.5. The number of sulfonamides is 1. The predicted octanol–water partition coefficient (Wildman–Crippen LogP) is 2.83. The Morgan fingerprint density at radius 3 is 2.61 bits per heavy atom. The van der Waals surface area contributed by atoms with Crippen LogP contribution in [0.15, 0.2) is 41.3 Å². The first-order chi connectivity index (χ1) is 8.47. The van der Waals surface area contributed by atoms with E-state index in [-0.39, 0.29) is 10.6 Å². The Morgan fingerprint density at radius 1 is 1.06 bits per heavy atom. The third-order valence-electron chi connectivity index (χ3n) is 2.77. The third kappa shape index (κ3) is 1.63. The summed E-state index contributed by atoms with van der Waals surface area (Å²) in [6.45, 7) is 0. The highest BCUT2D eigenvalue weighted by Crippen LogP contribution is 2.41. The summed E-state index contributed by atoms with van der Waals surface area (Å²) in [5.41, 5.74) is 1.54. The molecule has 0 amide bonds.